The van der Waals surface area contributed by atoms with E-state index in [1.54, 1.807) is 18.2 Å². The summed E-state index contributed by atoms with van der Waals surface area (Å²) < 4.78 is 21.9. The molecule has 1 fully saturated rings. The van der Waals surface area contributed by atoms with Crippen LogP contribution in [0.5, 0.6) is 11.5 Å². The maximum absolute atomic E-state index is 12.4. The van der Waals surface area contributed by atoms with Gasteiger partial charge in [0.2, 0.25) is 6.79 Å². The smallest absolute Gasteiger partial charge is 0.319 e. The number of carbonyl (C=O) groups is 1. The molecule has 144 valence electrons. The van der Waals surface area contributed by atoms with Crippen molar-refractivity contribution < 1.29 is 23.4 Å². The van der Waals surface area contributed by atoms with Crippen molar-refractivity contribution in [3.05, 3.63) is 41.9 Å². The van der Waals surface area contributed by atoms with E-state index in [0.29, 0.717) is 36.9 Å². The highest BCUT2D eigenvalue weighted by Crippen LogP contribution is 2.34. The molecule has 1 saturated heterocycles. The summed E-state index contributed by atoms with van der Waals surface area (Å²) in [6, 6.07) is 8.89. The molecule has 2 aliphatic heterocycles. The fourth-order valence-electron chi connectivity index (χ4n) is 3.27. The molecule has 2 N–H and O–H groups in total. The van der Waals surface area contributed by atoms with Crippen molar-refractivity contribution in [3.8, 4) is 11.5 Å². The highest BCUT2D eigenvalue weighted by molar-refractivity contribution is 5.89. The van der Waals surface area contributed by atoms with Crippen LogP contribution in [0.15, 0.2) is 34.7 Å². The first-order chi connectivity index (χ1) is 13.2. The Morgan fingerprint density at radius 2 is 1.96 bits per heavy atom. The van der Waals surface area contributed by atoms with Crippen LogP contribution >= 0.6 is 0 Å². The van der Waals surface area contributed by atoms with Crippen molar-refractivity contribution >= 4 is 11.7 Å². The Labute approximate surface area is 157 Å². The number of aryl methyl sites for hydroxylation is 1. The second kappa shape index (κ2) is 7.89. The minimum Gasteiger partial charge on any atom is -0.465 e. The van der Waals surface area contributed by atoms with Gasteiger partial charge in [-0.05, 0) is 31.2 Å². The summed E-state index contributed by atoms with van der Waals surface area (Å²) in [6.07, 6.45) is 0. The van der Waals surface area contributed by atoms with Crippen LogP contribution in [-0.2, 0) is 4.74 Å². The number of anilines is 1. The van der Waals surface area contributed by atoms with Gasteiger partial charge in [0.25, 0.3) is 0 Å². The van der Waals surface area contributed by atoms with Crippen LogP contribution in [0.1, 0.15) is 17.6 Å². The van der Waals surface area contributed by atoms with Crippen molar-refractivity contribution in [2.75, 3.05) is 45.0 Å². The molecule has 2 amide bonds. The molecule has 8 nitrogen and oxygen atoms in total. The van der Waals surface area contributed by atoms with Crippen LogP contribution in [0.4, 0.5) is 10.5 Å². The molecule has 8 heteroatoms. The number of benzene rings is 1. The van der Waals surface area contributed by atoms with E-state index in [1.807, 2.05) is 19.1 Å². The fourth-order valence-corrected chi connectivity index (χ4v) is 3.27. The Morgan fingerprint density at radius 3 is 2.74 bits per heavy atom. The standard InChI is InChI=1S/C19H23N3O5/c1-13-2-4-16(27-13)15(22-6-8-24-9-7-22)11-20-19(23)21-14-3-5-17-18(10-14)26-12-25-17/h2-5,10,15H,6-9,11-12H2,1H3,(H2,20,21,23)/t15-/m1/s1. The Morgan fingerprint density at radius 1 is 1.15 bits per heavy atom. The summed E-state index contributed by atoms with van der Waals surface area (Å²) in [5.74, 6) is 3.01. The van der Waals surface area contributed by atoms with E-state index in [2.05, 4.69) is 15.5 Å². The number of fused-ring (bicyclic) bond motifs is 1. The van der Waals surface area contributed by atoms with Crippen LogP contribution in [0.3, 0.4) is 0 Å². The van der Waals surface area contributed by atoms with E-state index >= 15 is 0 Å². The second-order valence-corrected chi connectivity index (χ2v) is 6.52. The molecule has 27 heavy (non-hydrogen) atoms. The monoisotopic (exact) mass is 373 g/mol. The lowest BCUT2D eigenvalue weighted by Crippen LogP contribution is -2.44. The van der Waals surface area contributed by atoms with Crippen LogP contribution in [0, 0.1) is 6.92 Å². The molecule has 0 bridgehead atoms. The molecular weight excluding hydrogens is 350 g/mol. The molecule has 0 radical (unpaired) electrons. The maximum atomic E-state index is 12.4. The van der Waals surface area contributed by atoms with Gasteiger partial charge in [0.1, 0.15) is 11.5 Å². The molecule has 0 aliphatic carbocycles. The average molecular weight is 373 g/mol. The fraction of sp³-hybridized carbons (Fsp3) is 0.421. The number of ether oxygens (including phenoxy) is 3. The van der Waals surface area contributed by atoms with Crippen LogP contribution in [0.2, 0.25) is 0 Å². The summed E-state index contributed by atoms with van der Waals surface area (Å²) in [7, 11) is 0. The molecule has 0 unspecified atom stereocenters. The third-order valence-electron chi connectivity index (χ3n) is 4.66. The summed E-state index contributed by atoms with van der Waals surface area (Å²) in [5.41, 5.74) is 0.647. The molecule has 4 rings (SSSR count). The van der Waals surface area contributed by atoms with E-state index in [4.69, 9.17) is 18.6 Å². The number of nitrogens with one attached hydrogen (secondary N) is 2. The second-order valence-electron chi connectivity index (χ2n) is 6.52. The summed E-state index contributed by atoms with van der Waals surface area (Å²) in [4.78, 5) is 14.6. The van der Waals surface area contributed by atoms with Gasteiger partial charge in [-0.15, -0.1) is 0 Å². The normalized spacial score (nSPS) is 17.5. The molecule has 0 spiro atoms. The highest BCUT2D eigenvalue weighted by atomic mass is 16.7. The molecule has 3 heterocycles. The number of hydrogen-bond donors (Lipinski definition) is 2. The summed E-state index contributed by atoms with van der Waals surface area (Å²) >= 11 is 0. The van der Waals surface area contributed by atoms with Crippen molar-refractivity contribution in [2.24, 2.45) is 0 Å². The molecule has 2 aromatic rings. The van der Waals surface area contributed by atoms with Crippen molar-refractivity contribution in [2.45, 2.75) is 13.0 Å². The van der Waals surface area contributed by atoms with Crippen LogP contribution in [0.25, 0.3) is 0 Å². The topological polar surface area (TPSA) is 85.2 Å². The van der Waals surface area contributed by atoms with Crippen LogP contribution in [-0.4, -0.2) is 50.6 Å². The van der Waals surface area contributed by atoms with Crippen molar-refractivity contribution in [1.82, 2.24) is 10.2 Å². The van der Waals surface area contributed by atoms with Gasteiger partial charge in [-0.1, -0.05) is 0 Å². The number of amides is 2. The van der Waals surface area contributed by atoms with Gasteiger partial charge in [-0.25, -0.2) is 4.79 Å². The Balaban J connectivity index is 1.38. The average Bonchev–Trinajstić information content (AvgIpc) is 3.31. The van der Waals surface area contributed by atoms with E-state index in [0.717, 1.165) is 24.6 Å². The van der Waals surface area contributed by atoms with Crippen molar-refractivity contribution in [1.29, 1.82) is 0 Å². The van der Waals surface area contributed by atoms with Crippen LogP contribution < -0.4 is 20.1 Å². The van der Waals surface area contributed by atoms with Gasteiger partial charge in [0.05, 0.1) is 19.3 Å². The number of rotatable bonds is 5. The minimum absolute atomic E-state index is 0.0369. The Kier molecular flexibility index (Phi) is 5.17. The lowest BCUT2D eigenvalue weighted by atomic mass is 10.1. The zero-order chi connectivity index (χ0) is 18.6. The third kappa shape index (κ3) is 4.17. The van der Waals surface area contributed by atoms with Gasteiger partial charge in [0.15, 0.2) is 11.5 Å². The quantitative estimate of drug-likeness (QED) is 0.838. The van der Waals surface area contributed by atoms with Crippen molar-refractivity contribution in [3.63, 3.8) is 0 Å². The molecule has 2 aliphatic rings. The number of furan rings is 1. The first kappa shape index (κ1) is 17.7. The Bertz CT molecular complexity index is 800. The predicted octanol–water partition coefficient (Wildman–Crippen LogP) is 2.51. The molecule has 0 saturated carbocycles. The maximum Gasteiger partial charge on any atom is 0.319 e. The zero-order valence-corrected chi connectivity index (χ0v) is 15.2. The third-order valence-corrected chi connectivity index (χ3v) is 4.66. The molecule has 1 atom stereocenters. The lowest BCUT2D eigenvalue weighted by molar-refractivity contribution is 0.0122. The molecule has 1 aromatic carbocycles. The number of carbonyl (C=O) groups excluding carboxylic acids is 1. The number of nitrogens with zero attached hydrogens (tertiary/aromatic N) is 1. The predicted molar refractivity (Wildman–Crippen MR) is 98.2 cm³/mol. The van der Waals surface area contributed by atoms with Gasteiger partial charge >= 0.3 is 6.03 Å². The number of hydrogen-bond acceptors (Lipinski definition) is 6. The molecule has 1 aromatic heterocycles. The zero-order valence-electron chi connectivity index (χ0n) is 15.2. The van der Waals surface area contributed by atoms with Gasteiger partial charge in [-0.2, -0.15) is 0 Å². The summed E-state index contributed by atoms with van der Waals surface area (Å²) in [5, 5.41) is 5.77. The number of morpholine rings is 1. The Hall–Kier alpha value is -2.71. The van der Waals surface area contributed by atoms with E-state index in [-0.39, 0.29) is 18.9 Å². The SMILES string of the molecule is Cc1ccc([C@@H](CNC(=O)Nc2ccc3c(c2)OCO3)N2CCOCC2)o1. The molecular formula is C19H23N3O5. The van der Waals surface area contributed by atoms with Gasteiger partial charge < -0.3 is 29.3 Å². The van der Waals surface area contributed by atoms with Gasteiger partial charge in [-0.3, -0.25) is 4.90 Å². The first-order valence-electron chi connectivity index (χ1n) is 9.02. The van der Waals surface area contributed by atoms with E-state index in [1.165, 1.54) is 0 Å². The number of urea groups is 1. The largest absolute Gasteiger partial charge is 0.465 e. The minimum atomic E-state index is -0.282. The summed E-state index contributed by atoms with van der Waals surface area (Å²) in [6.45, 7) is 5.52. The van der Waals surface area contributed by atoms with Gasteiger partial charge in [0, 0.05) is 31.4 Å². The highest BCUT2D eigenvalue weighted by Gasteiger charge is 2.25. The van der Waals surface area contributed by atoms with E-state index < -0.39 is 0 Å². The lowest BCUT2D eigenvalue weighted by Gasteiger charge is -2.33. The van der Waals surface area contributed by atoms with E-state index in [9.17, 15) is 4.79 Å². The first-order valence-corrected chi connectivity index (χ1v) is 9.02.